The van der Waals surface area contributed by atoms with Crippen LogP contribution in [0.15, 0.2) is 4.52 Å². The Morgan fingerprint density at radius 1 is 1.41 bits per heavy atom. The van der Waals surface area contributed by atoms with Crippen LogP contribution in [0.2, 0.25) is 0 Å². The van der Waals surface area contributed by atoms with Crippen LogP contribution >= 0.6 is 0 Å². The fourth-order valence-electron chi connectivity index (χ4n) is 1.82. The van der Waals surface area contributed by atoms with Crippen molar-refractivity contribution in [1.29, 1.82) is 0 Å². The highest BCUT2D eigenvalue weighted by molar-refractivity contribution is 5.01. The van der Waals surface area contributed by atoms with E-state index in [9.17, 15) is 0 Å². The lowest BCUT2D eigenvalue weighted by Gasteiger charge is -2.18. The Balaban J connectivity index is 1.85. The summed E-state index contributed by atoms with van der Waals surface area (Å²) in [6.07, 6.45) is 4.64. The minimum absolute atomic E-state index is 0.178. The molecule has 0 radical (unpaired) electrons. The molecule has 0 saturated heterocycles. The van der Waals surface area contributed by atoms with Gasteiger partial charge in [0.05, 0.1) is 13.2 Å². The molecular formula is C12H21N3O2. The van der Waals surface area contributed by atoms with E-state index in [2.05, 4.69) is 22.0 Å². The predicted octanol–water partition coefficient (Wildman–Crippen LogP) is 1.54. The van der Waals surface area contributed by atoms with E-state index in [0.29, 0.717) is 19.0 Å². The molecule has 96 valence electrons. The van der Waals surface area contributed by atoms with E-state index < -0.39 is 0 Å². The number of rotatable bonds is 8. The van der Waals surface area contributed by atoms with Crippen molar-refractivity contribution >= 4 is 0 Å². The summed E-state index contributed by atoms with van der Waals surface area (Å²) in [6, 6.07) is 0. The van der Waals surface area contributed by atoms with Crippen molar-refractivity contribution in [3.63, 3.8) is 0 Å². The van der Waals surface area contributed by atoms with Crippen molar-refractivity contribution in [2.24, 2.45) is 0 Å². The molecule has 0 unspecified atom stereocenters. The molecule has 2 rings (SSSR count). The Morgan fingerprint density at radius 3 is 2.88 bits per heavy atom. The molecule has 1 fully saturated rings. The summed E-state index contributed by atoms with van der Waals surface area (Å²) in [5, 5.41) is 13.0. The average Bonchev–Trinajstić information content (AvgIpc) is 3.08. The number of unbranched alkanes of at least 4 members (excludes halogenated alkanes) is 1. The fraction of sp³-hybridized carbons (Fsp3) is 0.833. The second-order valence-electron chi connectivity index (χ2n) is 4.68. The third-order valence-corrected chi connectivity index (χ3v) is 3.02. The molecule has 1 N–H and O–H groups in total. The lowest BCUT2D eigenvalue weighted by Crippen LogP contribution is -2.28. The molecule has 1 aliphatic carbocycles. The molecule has 0 amide bonds. The molecule has 17 heavy (non-hydrogen) atoms. The summed E-state index contributed by atoms with van der Waals surface area (Å²) in [7, 11) is 0. The maximum absolute atomic E-state index is 9.01. The van der Waals surface area contributed by atoms with Gasteiger partial charge in [-0.2, -0.15) is 4.98 Å². The Kier molecular flexibility index (Phi) is 4.50. The zero-order chi connectivity index (χ0) is 12.1. The fourth-order valence-corrected chi connectivity index (χ4v) is 1.82. The summed E-state index contributed by atoms with van der Waals surface area (Å²) < 4.78 is 5.22. The SMILES string of the molecule is CCCCN(CCO)Cc1noc(C2CC2)n1. The Hall–Kier alpha value is -0.940. The molecule has 5 nitrogen and oxygen atoms in total. The zero-order valence-electron chi connectivity index (χ0n) is 10.4. The molecule has 0 spiro atoms. The van der Waals surface area contributed by atoms with Gasteiger partial charge in [0.2, 0.25) is 5.89 Å². The van der Waals surface area contributed by atoms with Crippen molar-refractivity contribution in [3.8, 4) is 0 Å². The van der Waals surface area contributed by atoms with Crippen LogP contribution in [0.4, 0.5) is 0 Å². The van der Waals surface area contributed by atoms with Gasteiger partial charge in [-0.1, -0.05) is 18.5 Å². The monoisotopic (exact) mass is 239 g/mol. The van der Waals surface area contributed by atoms with E-state index in [0.717, 1.165) is 31.1 Å². The van der Waals surface area contributed by atoms with Crippen LogP contribution in [-0.2, 0) is 6.54 Å². The van der Waals surface area contributed by atoms with Gasteiger partial charge in [0.1, 0.15) is 0 Å². The van der Waals surface area contributed by atoms with Crippen LogP contribution in [-0.4, -0.2) is 39.8 Å². The minimum Gasteiger partial charge on any atom is -0.395 e. The van der Waals surface area contributed by atoms with Gasteiger partial charge in [-0.25, -0.2) is 0 Å². The first-order valence-electron chi connectivity index (χ1n) is 6.49. The summed E-state index contributed by atoms with van der Waals surface area (Å²) in [6.45, 7) is 4.67. The van der Waals surface area contributed by atoms with E-state index in [1.807, 2.05) is 0 Å². The molecule has 0 bridgehead atoms. The summed E-state index contributed by atoms with van der Waals surface area (Å²) in [5.41, 5.74) is 0. The number of hydrogen-bond acceptors (Lipinski definition) is 5. The van der Waals surface area contributed by atoms with E-state index >= 15 is 0 Å². The molecule has 1 heterocycles. The van der Waals surface area contributed by atoms with Gasteiger partial charge in [-0.15, -0.1) is 0 Å². The maximum atomic E-state index is 9.01. The number of aliphatic hydroxyl groups excluding tert-OH is 1. The van der Waals surface area contributed by atoms with Gasteiger partial charge in [0, 0.05) is 12.5 Å². The van der Waals surface area contributed by atoms with Crippen molar-refractivity contribution in [2.75, 3.05) is 19.7 Å². The van der Waals surface area contributed by atoms with E-state index in [4.69, 9.17) is 9.63 Å². The molecule has 1 aliphatic rings. The van der Waals surface area contributed by atoms with E-state index in [1.54, 1.807) is 0 Å². The van der Waals surface area contributed by atoms with Crippen molar-refractivity contribution in [2.45, 2.75) is 45.1 Å². The molecule has 0 atom stereocenters. The summed E-state index contributed by atoms with van der Waals surface area (Å²) in [5.74, 6) is 2.05. The largest absolute Gasteiger partial charge is 0.395 e. The predicted molar refractivity (Wildman–Crippen MR) is 63.5 cm³/mol. The highest BCUT2D eigenvalue weighted by Crippen LogP contribution is 2.38. The third-order valence-electron chi connectivity index (χ3n) is 3.02. The second-order valence-corrected chi connectivity index (χ2v) is 4.68. The van der Waals surface area contributed by atoms with Gasteiger partial charge >= 0.3 is 0 Å². The molecule has 5 heteroatoms. The van der Waals surface area contributed by atoms with E-state index in [1.165, 1.54) is 12.8 Å². The Bertz CT molecular complexity index is 336. The smallest absolute Gasteiger partial charge is 0.229 e. The number of aliphatic hydroxyl groups is 1. The number of hydrogen-bond donors (Lipinski definition) is 1. The van der Waals surface area contributed by atoms with Crippen LogP contribution < -0.4 is 0 Å². The zero-order valence-corrected chi connectivity index (χ0v) is 10.4. The molecule has 1 saturated carbocycles. The minimum atomic E-state index is 0.178. The van der Waals surface area contributed by atoms with Crippen LogP contribution in [0.3, 0.4) is 0 Å². The average molecular weight is 239 g/mol. The summed E-state index contributed by atoms with van der Waals surface area (Å²) in [4.78, 5) is 6.57. The van der Waals surface area contributed by atoms with Gasteiger partial charge in [-0.3, -0.25) is 4.90 Å². The normalized spacial score (nSPS) is 15.7. The van der Waals surface area contributed by atoms with Crippen LogP contribution in [0.1, 0.15) is 50.2 Å². The summed E-state index contributed by atoms with van der Waals surface area (Å²) >= 11 is 0. The second kappa shape index (κ2) is 6.12. The lowest BCUT2D eigenvalue weighted by atomic mass is 10.3. The Morgan fingerprint density at radius 2 is 2.24 bits per heavy atom. The number of nitrogens with zero attached hydrogens (tertiary/aromatic N) is 3. The van der Waals surface area contributed by atoms with Crippen molar-refractivity contribution in [1.82, 2.24) is 15.0 Å². The van der Waals surface area contributed by atoms with Crippen LogP contribution in [0.25, 0.3) is 0 Å². The van der Waals surface area contributed by atoms with Gasteiger partial charge < -0.3 is 9.63 Å². The van der Waals surface area contributed by atoms with Crippen molar-refractivity contribution < 1.29 is 9.63 Å². The maximum Gasteiger partial charge on any atom is 0.229 e. The topological polar surface area (TPSA) is 62.4 Å². The third kappa shape index (κ3) is 3.78. The molecule has 0 aliphatic heterocycles. The van der Waals surface area contributed by atoms with Crippen molar-refractivity contribution in [3.05, 3.63) is 11.7 Å². The van der Waals surface area contributed by atoms with Crippen LogP contribution in [0, 0.1) is 0 Å². The molecule has 0 aromatic carbocycles. The number of aromatic nitrogens is 2. The lowest BCUT2D eigenvalue weighted by molar-refractivity contribution is 0.184. The highest BCUT2D eigenvalue weighted by atomic mass is 16.5. The first-order valence-corrected chi connectivity index (χ1v) is 6.49. The van der Waals surface area contributed by atoms with Crippen LogP contribution in [0.5, 0.6) is 0 Å². The highest BCUT2D eigenvalue weighted by Gasteiger charge is 2.29. The van der Waals surface area contributed by atoms with E-state index in [-0.39, 0.29) is 6.61 Å². The Labute approximate surface area is 102 Å². The van der Waals surface area contributed by atoms with Gasteiger partial charge in [-0.05, 0) is 25.8 Å². The first kappa shape index (κ1) is 12.5. The molecule has 1 aromatic rings. The van der Waals surface area contributed by atoms with Gasteiger partial charge in [0.25, 0.3) is 0 Å². The molecule has 1 aromatic heterocycles. The quantitative estimate of drug-likeness (QED) is 0.745. The molecular weight excluding hydrogens is 218 g/mol. The first-order chi connectivity index (χ1) is 8.33. The standard InChI is InChI=1S/C12H21N3O2/c1-2-3-6-15(7-8-16)9-11-13-12(17-14-11)10-4-5-10/h10,16H,2-9H2,1H3. The van der Waals surface area contributed by atoms with Gasteiger partial charge in [0.15, 0.2) is 5.82 Å².